The maximum Gasteiger partial charge on any atom is -0.00645 e. The van der Waals surface area contributed by atoms with Gasteiger partial charge in [0.25, 0.3) is 0 Å². The van der Waals surface area contributed by atoms with Crippen LogP contribution in [0.25, 0.3) is 0 Å². The Kier molecular flexibility index (Phi) is 2.98. The molecule has 1 saturated carbocycles. The monoisotopic (exact) mass is 267 g/mol. The second kappa shape index (κ2) is 4.61. The maximum absolute atomic E-state index is 3.46. The standard InChI is InChI=1S/C20H27/c1-3-15-9-11-19-18-10-8-14-6-4-5-7-16(14)17(18)12-13-20(15,19)2/h5,9,17-19H,3,6-8,10-13H2,1-2H3/t17-,18-,19+,20-/m1/s1. The average molecular weight is 267 g/mol. The highest BCUT2D eigenvalue weighted by atomic mass is 14.6. The van der Waals surface area contributed by atoms with Gasteiger partial charge < -0.3 is 0 Å². The van der Waals surface area contributed by atoms with Gasteiger partial charge in [-0.2, -0.15) is 0 Å². The third kappa shape index (κ3) is 1.66. The molecule has 0 unspecified atom stereocenters. The molecule has 4 atom stereocenters. The Morgan fingerprint density at radius 1 is 1.35 bits per heavy atom. The van der Waals surface area contributed by atoms with Crippen molar-refractivity contribution in [2.45, 2.75) is 65.2 Å². The average Bonchev–Trinajstić information content (AvgIpc) is 2.83. The van der Waals surface area contributed by atoms with Gasteiger partial charge in [-0.25, -0.2) is 0 Å². The van der Waals surface area contributed by atoms with E-state index in [-0.39, 0.29) is 0 Å². The molecule has 0 saturated heterocycles. The minimum absolute atomic E-state index is 0.546. The van der Waals surface area contributed by atoms with Gasteiger partial charge in [-0.15, -0.1) is 0 Å². The van der Waals surface area contributed by atoms with Crippen LogP contribution in [0.3, 0.4) is 0 Å². The topological polar surface area (TPSA) is 0 Å². The van der Waals surface area contributed by atoms with Crippen molar-refractivity contribution >= 4 is 0 Å². The maximum atomic E-state index is 3.46. The van der Waals surface area contributed by atoms with Crippen LogP contribution in [0.4, 0.5) is 0 Å². The van der Waals surface area contributed by atoms with Crippen molar-refractivity contribution in [3.63, 3.8) is 0 Å². The molecule has 1 fully saturated rings. The molecule has 0 amide bonds. The van der Waals surface area contributed by atoms with Crippen molar-refractivity contribution in [3.05, 3.63) is 34.9 Å². The summed E-state index contributed by atoms with van der Waals surface area (Å²) in [5.74, 6) is 2.83. The molecule has 0 heterocycles. The van der Waals surface area contributed by atoms with Crippen LogP contribution in [0.15, 0.2) is 28.9 Å². The van der Waals surface area contributed by atoms with Gasteiger partial charge in [-0.3, -0.25) is 0 Å². The molecule has 0 heteroatoms. The highest BCUT2D eigenvalue weighted by Gasteiger charge is 2.51. The molecule has 0 spiro atoms. The second-order valence-corrected chi connectivity index (χ2v) is 7.61. The van der Waals surface area contributed by atoms with Crippen molar-refractivity contribution in [3.8, 4) is 0 Å². The van der Waals surface area contributed by atoms with E-state index < -0.39 is 0 Å². The lowest BCUT2D eigenvalue weighted by atomic mass is 9.53. The second-order valence-electron chi connectivity index (χ2n) is 7.61. The van der Waals surface area contributed by atoms with Crippen LogP contribution in [-0.4, -0.2) is 0 Å². The van der Waals surface area contributed by atoms with Gasteiger partial charge in [0.1, 0.15) is 0 Å². The number of fused-ring (bicyclic) bond motifs is 4. The molecule has 0 aromatic heterocycles. The normalized spacial score (nSPS) is 42.9. The quantitative estimate of drug-likeness (QED) is 0.541. The fourth-order valence-electron chi connectivity index (χ4n) is 5.97. The Morgan fingerprint density at radius 2 is 2.25 bits per heavy atom. The molecule has 0 aromatic rings. The van der Waals surface area contributed by atoms with E-state index in [9.17, 15) is 0 Å². The van der Waals surface area contributed by atoms with Crippen LogP contribution in [0.2, 0.25) is 0 Å². The largest absolute Gasteiger partial charge is 0.0845 e. The first-order chi connectivity index (χ1) is 9.74. The Balaban J connectivity index is 1.65. The van der Waals surface area contributed by atoms with Crippen LogP contribution in [-0.2, 0) is 0 Å². The van der Waals surface area contributed by atoms with Crippen molar-refractivity contribution in [2.75, 3.05) is 0 Å². The van der Waals surface area contributed by atoms with Crippen molar-refractivity contribution < 1.29 is 0 Å². The fourth-order valence-corrected chi connectivity index (χ4v) is 5.97. The summed E-state index contributed by atoms with van der Waals surface area (Å²) in [6.07, 6.45) is 19.1. The molecule has 0 nitrogen and oxygen atoms in total. The zero-order valence-corrected chi connectivity index (χ0v) is 13.0. The first-order valence-electron chi connectivity index (χ1n) is 8.69. The van der Waals surface area contributed by atoms with Crippen LogP contribution >= 0.6 is 0 Å². The number of hydrogen-bond donors (Lipinski definition) is 0. The summed E-state index contributed by atoms with van der Waals surface area (Å²) >= 11 is 0. The lowest BCUT2D eigenvalue weighted by molar-refractivity contribution is 0.0553. The highest BCUT2D eigenvalue weighted by Crippen LogP contribution is 2.61. The molecular formula is C20H27. The summed E-state index contributed by atoms with van der Waals surface area (Å²) in [6.45, 7) is 4.93. The minimum Gasteiger partial charge on any atom is -0.0845 e. The Labute approximate surface area is 124 Å². The smallest absolute Gasteiger partial charge is 0.00645 e. The lowest BCUT2D eigenvalue weighted by Gasteiger charge is -2.51. The molecule has 4 aliphatic carbocycles. The number of allylic oxidation sites excluding steroid dienone is 6. The van der Waals surface area contributed by atoms with Crippen LogP contribution in [0.5, 0.6) is 0 Å². The minimum atomic E-state index is 0.546. The van der Waals surface area contributed by atoms with E-state index in [2.05, 4.69) is 32.1 Å². The SMILES string of the molecule is CCC1=CC[C@H]2[C@@H]3CCC4=C(CC=[C]C4)[C@H]3CC[C@]12C. The zero-order valence-electron chi connectivity index (χ0n) is 13.0. The van der Waals surface area contributed by atoms with Gasteiger partial charge in [0.15, 0.2) is 0 Å². The van der Waals surface area contributed by atoms with E-state index in [4.69, 9.17) is 0 Å². The summed E-state index contributed by atoms with van der Waals surface area (Å²) in [7, 11) is 0. The van der Waals surface area contributed by atoms with Crippen LogP contribution in [0, 0.1) is 29.2 Å². The summed E-state index contributed by atoms with van der Waals surface area (Å²) in [6, 6.07) is 0. The molecule has 1 radical (unpaired) electrons. The third-order valence-corrected chi connectivity index (χ3v) is 7.02. The van der Waals surface area contributed by atoms with E-state index in [1.54, 1.807) is 11.1 Å². The van der Waals surface area contributed by atoms with E-state index in [0.29, 0.717) is 5.41 Å². The molecule has 20 heavy (non-hydrogen) atoms. The lowest BCUT2D eigenvalue weighted by Crippen LogP contribution is -2.42. The summed E-state index contributed by atoms with van der Waals surface area (Å²) < 4.78 is 0. The molecule has 107 valence electrons. The summed E-state index contributed by atoms with van der Waals surface area (Å²) in [4.78, 5) is 0. The Bertz CT molecular complexity index is 504. The molecule has 4 aliphatic rings. The fraction of sp³-hybridized carbons (Fsp3) is 0.700. The number of rotatable bonds is 1. The predicted molar refractivity (Wildman–Crippen MR) is 84.1 cm³/mol. The summed E-state index contributed by atoms with van der Waals surface area (Å²) in [5.41, 5.74) is 5.92. The Hall–Kier alpha value is -0.780. The zero-order chi connectivity index (χ0) is 13.7. The van der Waals surface area contributed by atoms with E-state index in [1.807, 2.05) is 5.57 Å². The van der Waals surface area contributed by atoms with Crippen LogP contribution < -0.4 is 0 Å². The first-order valence-corrected chi connectivity index (χ1v) is 8.69. The van der Waals surface area contributed by atoms with E-state index in [0.717, 1.165) is 24.2 Å². The molecule has 0 bridgehead atoms. The van der Waals surface area contributed by atoms with Gasteiger partial charge in [0, 0.05) is 0 Å². The number of hydrogen-bond acceptors (Lipinski definition) is 0. The van der Waals surface area contributed by atoms with E-state index in [1.165, 1.54) is 44.9 Å². The van der Waals surface area contributed by atoms with E-state index >= 15 is 0 Å². The Morgan fingerprint density at radius 3 is 3.10 bits per heavy atom. The molecular weight excluding hydrogens is 240 g/mol. The highest BCUT2D eigenvalue weighted by molar-refractivity contribution is 5.32. The van der Waals surface area contributed by atoms with Gasteiger partial charge in [-0.1, -0.05) is 42.7 Å². The van der Waals surface area contributed by atoms with Crippen molar-refractivity contribution in [1.29, 1.82) is 0 Å². The third-order valence-electron chi connectivity index (χ3n) is 7.02. The summed E-state index contributed by atoms with van der Waals surface area (Å²) in [5, 5.41) is 0. The first kappa shape index (κ1) is 12.9. The van der Waals surface area contributed by atoms with Crippen LogP contribution in [0.1, 0.15) is 65.2 Å². The molecule has 0 aromatic carbocycles. The van der Waals surface area contributed by atoms with Gasteiger partial charge >= 0.3 is 0 Å². The van der Waals surface area contributed by atoms with Gasteiger partial charge in [0.2, 0.25) is 0 Å². The van der Waals surface area contributed by atoms with Crippen molar-refractivity contribution in [2.24, 2.45) is 23.2 Å². The molecule has 0 N–H and O–H groups in total. The predicted octanol–water partition coefficient (Wildman–Crippen LogP) is 5.62. The molecule has 4 rings (SSSR count). The van der Waals surface area contributed by atoms with Gasteiger partial charge in [-0.05, 0) is 80.6 Å². The van der Waals surface area contributed by atoms with Crippen molar-refractivity contribution in [1.82, 2.24) is 0 Å². The van der Waals surface area contributed by atoms with Gasteiger partial charge in [0.05, 0.1) is 0 Å². The molecule has 0 aliphatic heterocycles.